The van der Waals surface area contributed by atoms with Gasteiger partial charge in [-0.1, -0.05) is 35.5 Å². The van der Waals surface area contributed by atoms with Crippen LogP contribution in [-0.4, -0.2) is 39.2 Å². The molecule has 3 heterocycles. The SMILES string of the molecule is Cc1ncccc1OC(=O)N1CCC(c2nc(-c3ccccc3)no2)CC1.Cl. The van der Waals surface area contributed by atoms with Crippen LogP contribution in [0.1, 0.15) is 30.3 Å². The van der Waals surface area contributed by atoms with Gasteiger partial charge >= 0.3 is 6.09 Å². The fourth-order valence-corrected chi connectivity index (χ4v) is 3.15. The molecule has 1 amide bonds. The van der Waals surface area contributed by atoms with Crippen molar-refractivity contribution in [3.63, 3.8) is 0 Å². The molecule has 1 aliphatic rings. The number of aryl methyl sites for hydroxylation is 1. The number of ether oxygens (including phenoxy) is 1. The van der Waals surface area contributed by atoms with Crippen LogP contribution in [0.5, 0.6) is 5.75 Å². The summed E-state index contributed by atoms with van der Waals surface area (Å²) in [6, 6.07) is 13.2. The van der Waals surface area contributed by atoms with E-state index in [0.717, 1.165) is 18.4 Å². The van der Waals surface area contributed by atoms with Crippen LogP contribution < -0.4 is 4.74 Å². The van der Waals surface area contributed by atoms with Gasteiger partial charge in [0.25, 0.3) is 0 Å². The molecule has 1 saturated heterocycles. The second-order valence-electron chi connectivity index (χ2n) is 6.54. The van der Waals surface area contributed by atoms with E-state index in [1.54, 1.807) is 23.2 Å². The zero-order chi connectivity index (χ0) is 18.6. The van der Waals surface area contributed by atoms with E-state index in [1.165, 1.54) is 0 Å². The van der Waals surface area contributed by atoms with Crippen molar-refractivity contribution in [3.05, 3.63) is 60.2 Å². The Kier molecular flexibility index (Phi) is 6.26. The number of piperidine rings is 1. The van der Waals surface area contributed by atoms with Gasteiger partial charge < -0.3 is 14.2 Å². The fraction of sp³-hybridized carbons (Fsp3) is 0.300. The Morgan fingerprint density at radius 2 is 1.89 bits per heavy atom. The van der Waals surface area contributed by atoms with Crippen LogP contribution >= 0.6 is 12.4 Å². The summed E-state index contributed by atoms with van der Waals surface area (Å²) in [5, 5.41) is 4.08. The number of carbonyl (C=O) groups is 1. The minimum atomic E-state index is -0.347. The number of pyridine rings is 1. The van der Waals surface area contributed by atoms with Crippen molar-refractivity contribution in [1.29, 1.82) is 0 Å². The normalized spacial score (nSPS) is 14.4. The molecule has 0 bridgehead atoms. The lowest BCUT2D eigenvalue weighted by atomic mass is 9.97. The summed E-state index contributed by atoms with van der Waals surface area (Å²) in [5.41, 5.74) is 1.63. The van der Waals surface area contributed by atoms with Gasteiger partial charge in [0.2, 0.25) is 11.7 Å². The summed E-state index contributed by atoms with van der Waals surface area (Å²) in [4.78, 5) is 22.7. The van der Waals surface area contributed by atoms with Gasteiger partial charge in [-0.05, 0) is 31.9 Å². The first-order valence-electron chi connectivity index (χ1n) is 8.98. The van der Waals surface area contributed by atoms with Gasteiger partial charge in [0.05, 0.1) is 5.69 Å². The maximum Gasteiger partial charge on any atom is 0.415 e. The molecule has 1 fully saturated rings. The average molecular weight is 401 g/mol. The van der Waals surface area contributed by atoms with Crippen molar-refractivity contribution in [2.24, 2.45) is 0 Å². The Morgan fingerprint density at radius 1 is 1.14 bits per heavy atom. The number of hydrogen-bond acceptors (Lipinski definition) is 6. The van der Waals surface area contributed by atoms with E-state index < -0.39 is 0 Å². The summed E-state index contributed by atoms with van der Waals surface area (Å²) in [6.07, 6.45) is 2.85. The summed E-state index contributed by atoms with van der Waals surface area (Å²) in [7, 11) is 0. The number of halogens is 1. The molecule has 0 aliphatic carbocycles. The highest BCUT2D eigenvalue weighted by atomic mass is 35.5. The van der Waals surface area contributed by atoms with Crippen molar-refractivity contribution in [1.82, 2.24) is 20.0 Å². The van der Waals surface area contributed by atoms with Crippen molar-refractivity contribution in [2.75, 3.05) is 13.1 Å². The molecule has 7 nitrogen and oxygen atoms in total. The highest BCUT2D eigenvalue weighted by molar-refractivity contribution is 5.85. The van der Waals surface area contributed by atoms with Crippen LogP contribution in [-0.2, 0) is 0 Å². The maximum absolute atomic E-state index is 12.4. The Balaban J connectivity index is 0.00000225. The maximum atomic E-state index is 12.4. The van der Waals surface area contributed by atoms with Crippen molar-refractivity contribution in [2.45, 2.75) is 25.7 Å². The molecule has 0 saturated carbocycles. The molecule has 0 radical (unpaired) electrons. The molecule has 146 valence electrons. The predicted octanol–water partition coefficient (Wildman–Crippen LogP) is 4.24. The monoisotopic (exact) mass is 400 g/mol. The third-order valence-electron chi connectivity index (χ3n) is 4.73. The second-order valence-corrected chi connectivity index (χ2v) is 6.54. The smallest absolute Gasteiger partial charge is 0.408 e. The molecule has 0 atom stereocenters. The van der Waals surface area contributed by atoms with Crippen molar-refractivity contribution in [3.8, 4) is 17.1 Å². The summed E-state index contributed by atoms with van der Waals surface area (Å²) in [5.74, 6) is 1.87. The van der Waals surface area contributed by atoms with Crippen LogP contribution in [0.25, 0.3) is 11.4 Å². The lowest BCUT2D eigenvalue weighted by Gasteiger charge is -2.29. The van der Waals surface area contributed by atoms with E-state index in [1.807, 2.05) is 37.3 Å². The molecule has 0 unspecified atom stereocenters. The van der Waals surface area contributed by atoms with Gasteiger partial charge in [0.1, 0.15) is 0 Å². The summed E-state index contributed by atoms with van der Waals surface area (Å²) >= 11 is 0. The Morgan fingerprint density at radius 3 is 2.61 bits per heavy atom. The predicted molar refractivity (Wildman–Crippen MR) is 106 cm³/mol. The van der Waals surface area contributed by atoms with E-state index in [9.17, 15) is 4.79 Å². The molecule has 2 aromatic heterocycles. The largest absolute Gasteiger partial charge is 0.415 e. The number of amides is 1. The Bertz CT molecular complexity index is 924. The number of carbonyl (C=O) groups excluding carboxylic acids is 1. The zero-order valence-corrected chi connectivity index (χ0v) is 16.3. The quantitative estimate of drug-likeness (QED) is 0.654. The minimum Gasteiger partial charge on any atom is -0.408 e. The average Bonchev–Trinajstić information content (AvgIpc) is 3.21. The van der Waals surface area contributed by atoms with Gasteiger partial charge in [0, 0.05) is 30.8 Å². The van der Waals surface area contributed by atoms with Gasteiger partial charge in [-0.25, -0.2) is 4.79 Å². The van der Waals surface area contributed by atoms with Gasteiger partial charge in [-0.3, -0.25) is 4.98 Å². The third kappa shape index (κ3) is 4.31. The molecular weight excluding hydrogens is 380 g/mol. The Labute approximate surface area is 169 Å². The highest BCUT2D eigenvalue weighted by Gasteiger charge is 2.28. The van der Waals surface area contributed by atoms with E-state index in [2.05, 4.69) is 15.1 Å². The zero-order valence-electron chi connectivity index (χ0n) is 15.4. The lowest BCUT2D eigenvalue weighted by Crippen LogP contribution is -2.39. The summed E-state index contributed by atoms with van der Waals surface area (Å²) < 4.78 is 10.9. The van der Waals surface area contributed by atoms with Gasteiger partial charge in [0.15, 0.2) is 5.75 Å². The van der Waals surface area contributed by atoms with E-state index in [0.29, 0.717) is 36.2 Å². The lowest BCUT2D eigenvalue weighted by molar-refractivity contribution is 0.134. The molecule has 1 aromatic carbocycles. The van der Waals surface area contributed by atoms with Crippen molar-refractivity contribution < 1.29 is 14.1 Å². The molecule has 28 heavy (non-hydrogen) atoms. The molecule has 0 N–H and O–H groups in total. The van der Waals surface area contributed by atoms with Crippen molar-refractivity contribution >= 4 is 18.5 Å². The molecule has 1 aliphatic heterocycles. The fourth-order valence-electron chi connectivity index (χ4n) is 3.15. The number of aromatic nitrogens is 3. The minimum absolute atomic E-state index is 0. The first kappa shape index (κ1) is 19.8. The first-order chi connectivity index (χ1) is 13.2. The van der Waals surface area contributed by atoms with Crippen LogP contribution in [0.4, 0.5) is 4.79 Å². The van der Waals surface area contributed by atoms with Gasteiger partial charge in [-0.15, -0.1) is 12.4 Å². The molecule has 4 rings (SSSR count). The number of likely N-dealkylation sites (tertiary alicyclic amines) is 1. The highest BCUT2D eigenvalue weighted by Crippen LogP contribution is 2.29. The number of hydrogen-bond donors (Lipinski definition) is 0. The third-order valence-corrected chi connectivity index (χ3v) is 4.73. The molecule has 3 aromatic rings. The second kappa shape index (κ2) is 8.84. The van der Waals surface area contributed by atoms with E-state index >= 15 is 0 Å². The van der Waals surface area contributed by atoms with E-state index in [-0.39, 0.29) is 24.4 Å². The van der Waals surface area contributed by atoms with E-state index in [4.69, 9.17) is 9.26 Å². The molecule has 0 spiro atoms. The van der Waals surface area contributed by atoms with Gasteiger partial charge in [-0.2, -0.15) is 4.98 Å². The van der Waals surface area contributed by atoms with Crippen LogP contribution in [0.3, 0.4) is 0 Å². The molecular formula is C20H21ClN4O3. The first-order valence-corrected chi connectivity index (χ1v) is 8.98. The number of rotatable bonds is 3. The molecule has 8 heteroatoms. The number of benzene rings is 1. The topological polar surface area (TPSA) is 81.4 Å². The standard InChI is InChI=1S/C20H20N4O3.ClH/c1-14-17(8-5-11-21-14)26-20(25)24-12-9-16(10-13-24)19-22-18(23-27-19)15-6-3-2-4-7-15;/h2-8,11,16H,9-10,12-13H2,1H3;1H. The Hall–Kier alpha value is -2.93. The number of nitrogens with zero attached hydrogens (tertiary/aromatic N) is 4. The van der Waals surface area contributed by atoms with Crippen LogP contribution in [0.15, 0.2) is 53.2 Å². The van der Waals surface area contributed by atoms with Crippen LogP contribution in [0, 0.1) is 6.92 Å². The van der Waals surface area contributed by atoms with Crippen LogP contribution in [0.2, 0.25) is 0 Å². The summed E-state index contributed by atoms with van der Waals surface area (Å²) in [6.45, 7) is 2.99.